The van der Waals surface area contributed by atoms with E-state index < -0.39 is 10.8 Å². The molecule has 0 aliphatic rings. The number of aromatic nitrogens is 2. The maximum atomic E-state index is 12.6. The molecule has 0 atom stereocenters. The Bertz CT molecular complexity index is 1610. The second-order valence-electron chi connectivity index (χ2n) is 8.11. The highest BCUT2D eigenvalue weighted by Gasteiger charge is 2.15. The number of anilines is 2. The number of hydrogen-bond acceptors (Lipinski definition) is 7. The molecule has 0 spiro atoms. The molecule has 2 N–H and O–H groups in total. The zero-order valence-corrected chi connectivity index (χ0v) is 19.3. The van der Waals surface area contributed by atoms with Gasteiger partial charge in [-0.1, -0.05) is 47.6 Å². The number of nitro benzene ring substituents is 1. The van der Waals surface area contributed by atoms with Gasteiger partial charge in [-0.3, -0.25) is 25.0 Å². The number of nitro groups is 1. The van der Waals surface area contributed by atoms with E-state index >= 15 is 0 Å². The van der Waals surface area contributed by atoms with Crippen molar-refractivity contribution in [2.45, 2.75) is 6.42 Å². The summed E-state index contributed by atoms with van der Waals surface area (Å²) in [5, 5.41) is 25.9. The first kappa shape index (κ1) is 23.4. The van der Waals surface area contributed by atoms with Gasteiger partial charge in [-0.15, -0.1) is 5.10 Å². The van der Waals surface area contributed by atoms with Crippen LogP contribution >= 0.6 is 0 Å². The van der Waals surface area contributed by atoms with Gasteiger partial charge in [-0.2, -0.15) is 0 Å². The first-order chi connectivity index (χ1) is 18.0. The Balaban J connectivity index is 1.20. The number of rotatable bonds is 7. The number of non-ortho nitro benzene ring substituents is 1. The number of hydrogen-bond donors (Lipinski definition) is 2. The van der Waals surface area contributed by atoms with Crippen LogP contribution in [0.15, 0.2) is 95.4 Å². The van der Waals surface area contributed by atoms with Crippen molar-refractivity contribution in [3.8, 4) is 11.5 Å². The summed E-state index contributed by atoms with van der Waals surface area (Å²) in [5.74, 6) is -0.542. The van der Waals surface area contributed by atoms with E-state index in [1.54, 1.807) is 24.3 Å². The monoisotopic (exact) mass is 493 g/mol. The van der Waals surface area contributed by atoms with E-state index in [2.05, 4.69) is 20.8 Å². The molecule has 0 aliphatic heterocycles. The standard InChI is InChI=1S/C27H19N5O5/c33-24(16-20-6-3-5-17-4-1-2-7-23(17)20)28-21-12-8-18(9-13-21)25(34)29-27-31-30-26(37-27)19-10-14-22(15-11-19)32(35)36/h1-15H,16H2,(H,28,33)(H,29,31,34). The minimum absolute atomic E-state index is 0.0648. The molecule has 4 aromatic carbocycles. The molecule has 1 aromatic heterocycles. The fraction of sp³-hybridized carbons (Fsp3) is 0.0370. The summed E-state index contributed by atoms with van der Waals surface area (Å²) >= 11 is 0. The molecule has 0 saturated carbocycles. The Hall–Kier alpha value is -5.38. The van der Waals surface area contributed by atoms with Crippen LogP contribution in [0.4, 0.5) is 17.4 Å². The second-order valence-corrected chi connectivity index (χ2v) is 8.11. The fourth-order valence-electron chi connectivity index (χ4n) is 3.82. The van der Waals surface area contributed by atoms with Gasteiger partial charge in [-0.25, -0.2) is 0 Å². The molecule has 37 heavy (non-hydrogen) atoms. The van der Waals surface area contributed by atoms with Gasteiger partial charge in [0.1, 0.15) is 0 Å². The van der Waals surface area contributed by atoms with Gasteiger partial charge in [0, 0.05) is 28.9 Å². The van der Waals surface area contributed by atoms with Crippen molar-refractivity contribution in [1.82, 2.24) is 10.2 Å². The molecule has 5 rings (SSSR count). The van der Waals surface area contributed by atoms with E-state index in [-0.39, 0.29) is 29.9 Å². The molecular weight excluding hydrogens is 474 g/mol. The first-order valence-electron chi connectivity index (χ1n) is 11.2. The molecular formula is C27H19N5O5. The normalized spacial score (nSPS) is 10.7. The van der Waals surface area contributed by atoms with Gasteiger partial charge in [0.15, 0.2) is 0 Å². The summed E-state index contributed by atoms with van der Waals surface area (Å²) in [4.78, 5) is 35.5. The van der Waals surface area contributed by atoms with E-state index in [1.807, 2.05) is 42.5 Å². The largest absolute Gasteiger partial charge is 0.403 e. The van der Waals surface area contributed by atoms with Crippen LogP contribution in [-0.2, 0) is 11.2 Å². The molecule has 0 unspecified atom stereocenters. The number of carbonyl (C=O) groups excluding carboxylic acids is 2. The number of fused-ring (bicyclic) bond motifs is 1. The maximum Gasteiger partial charge on any atom is 0.322 e. The molecule has 0 saturated heterocycles. The molecule has 10 nitrogen and oxygen atoms in total. The molecule has 0 radical (unpaired) electrons. The Labute approximate surface area is 210 Å². The van der Waals surface area contributed by atoms with Crippen molar-refractivity contribution in [2.24, 2.45) is 0 Å². The summed E-state index contributed by atoms with van der Waals surface area (Å²) in [5.41, 5.74) is 2.22. The predicted octanol–water partition coefficient (Wildman–Crippen LogP) is 5.23. The Morgan fingerprint density at radius 3 is 2.32 bits per heavy atom. The van der Waals surface area contributed by atoms with E-state index in [0.717, 1.165) is 16.3 Å². The number of benzene rings is 4. The maximum absolute atomic E-state index is 12.6. The SMILES string of the molecule is O=C(Cc1cccc2ccccc12)Nc1ccc(C(=O)Nc2nnc(-c3ccc([N+](=O)[O-])cc3)o2)cc1. The summed E-state index contributed by atoms with van der Waals surface area (Å²) in [6.45, 7) is 0. The zero-order valence-electron chi connectivity index (χ0n) is 19.3. The minimum atomic E-state index is -0.509. The van der Waals surface area contributed by atoms with Crippen molar-refractivity contribution in [1.29, 1.82) is 0 Å². The van der Waals surface area contributed by atoms with E-state index in [9.17, 15) is 19.7 Å². The Kier molecular flexibility index (Phi) is 6.37. The van der Waals surface area contributed by atoms with Crippen LogP contribution in [0.25, 0.3) is 22.2 Å². The smallest absolute Gasteiger partial charge is 0.322 e. The minimum Gasteiger partial charge on any atom is -0.403 e. The fourth-order valence-corrected chi connectivity index (χ4v) is 3.82. The summed E-state index contributed by atoms with van der Waals surface area (Å²) in [6.07, 6.45) is 0.220. The van der Waals surface area contributed by atoms with Crippen molar-refractivity contribution < 1.29 is 18.9 Å². The lowest BCUT2D eigenvalue weighted by Gasteiger charge is -2.08. The molecule has 1 heterocycles. The van der Waals surface area contributed by atoms with Crippen molar-refractivity contribution in [3.05, 3.63) is 112 Å². The molecule has 0 aliphatic carbocycles. The van der Waals surface area contributed by atoms with Gasteiger partial charge in [0.05, 0.1) is 11.3 Å². The second kappa shape index (κ2) is 10.1. The quantitative estimate of drug-likeness (QED) is 0.234. The number of nitrogens with zero attached hydrogens (tertiary/aromatic N) is 3. The van der Waals surface area contributed by atoms with Crippen LogP contribution in [0, 0.1) is 10.1 Å². The summed E-state index contributed by atoms with van der Waals surface area (Å²) in [7, 11) is 0. The van der Waals surface area contributed by atoms with Crippen LogP contribution in [0.5, 0.6) is 0 Å². The van der Waals surface area contributed by atoms with Gasteiger partial charge in [-0.05, 0) is 52.7 Å². The van der Waals surface area contributed by atoms with Crippen molar-refractivity contribution in [2.75, 3.05) is 10.6 Å². The average molecular weight is 493 g/mol. The van der Waals surface area contributed by atoms with Gasteiger partial charge < -0.3 is 9.73 Å². The van der Waals surface area contributed by atoms with Crippen LogP contribution in [0.3, 0.4) is 0 Å². The highest BCUT2D eigenvalue weighted by molar-refractivity contribution is 6.03. The summed E-state index contributed by atoms with van der Waals surface area (Å²) in [6, 6.07) is 25.6. The zero-order chi connectivity index (χ0) is 25.8. The first-order valence-corrected chi connectivity index (χ1v) is 11.2. The van der Waals surface area contributed by atoms with Crippen LogP contribution in [-0.4, -0.2) is 26.9 Å². The van der Waals surface area contributed by atoms with Gasteiger partial charge in [0.2, 0.25) is 11.8 Å². The van der Waals surface area contributed by atoms with Gasteiger partial charge >= 0.3 is 6.01 Å². The number of carbonyl (C=O) groups is 2. The molecule has 0 fully saturated rings. The predicted molar refractivity (Wildman–Crippen MR) is 137 cm³/mol. The molecule has 0 bridgehead atoms. The Morgan fingerprint density at radius 2 is 1.57 bits per heavy atom. The van der Waals surface area contributed by atoms with E-state index in [1.165, 1.54) is 24.3 Å². The molecule has 10 heteroatoms. The molecule has 182 valence electrons. The third-order valence-corrected chi connectivity index (χ3v) is 5.63. The Morgan fingerprint density at radius 1 is 0.838 bits per heavy atom. The van der Waals surface area contributed by atoms with Crippen LogP contribution < -0.4 is 10.6 Å². The van der Waals surface area contributed by atoms with Crippen molar-refractivity contribution in [3.63, 3.8) is 0 Å². The number of amides is 2. The highest BCUT2D eigenvalue weighted by atomic mass is 16.6. The lowest BCUT2D eigenvalue weighted by Crippen LogP contribution is -2.15. The highest BCUT2D eigenvalue weighted by Crippen LogP contribution is 2.23. The third kappa shape index (κ3) is 5.33. The van der Waals surface area contributed by atoms with Crippen LogP contribution in [0.1, 0.15) is 15.9 Å². The number of nitrogens with one attached hydrogen (secondary N) is 2. The lowest BCUT2D eigenvalue weighted by atomic mass is 10.0. The van der Waals surface area contributed by atoms with Crippen molar-refractivity contribution >= 4 is 40.0 Å². The lowest BCUT2D eigenvalue weighted by molar-refractivity contribution is -0.384. The van der Waals surface area contributed by atoms with E-state index in [0.29, 0.717) is 16.8 Å². The topological polar surface area (TPSA) is 140 Å². The van der Waals surface area contributed by atoms with Gasteiger partial charge in [0.25, 0.3) is 11.6 Å². The molecule has 2 amide bonds. The molecule has 5 aromatic rings. The third-order valence-electron chi connectivity index (χ3n) is 5.63. The summed E-state index contributed by atoms with van der Waals surface area (Å²) < 4.78 is 5.44. The van der Waals surface area contributed by atoms with Crippen LogP contribution in [0.2, 0.25) is 0 Å². The van der Waals surface area contributed by atoms with E-state index in [4.69, 9.17) is 4.42 Å². The average Bonchev–Trinajstić information content (AvgIpc) is 3.38.